The van der Waals surface area contributed by atoms with Crippen molar-refractivity contribution in [2.24, 2.45) is 0 Å². The zero-order chi connectivity index (χ0) is 25.7. The fraction of sp³-hybridized carbons (Fsp3) is 0.115. The van der Waals surface area contributed by atoms with Gasteiger partial charge in [0.05, 0.1) is 17.6 Å². The number of halogens is 2. The Labute approximate surface area is 210 Å². The molecule has 5 aromatic rings. The number of nitrogens with one attached hydrogen (secondary N) is 1. The summed E-state index contributed by atoms with van der Waals surface area (Å²) in [5, 5.41) is 2.35. The van der Waals surface area contributed by atoms with Crippen LogP contribution >= 0.6 is 0 Å². The topological polar surface area (TPSA) is 120 Å². The average molecular weight is 501 g/mol. The van der Waals surface area contributed by atoms with Gasteiger partial charge in [-0.3, -0.25) is 10.4 Å². The van der Waals surface area contributed by atoms with Crippen LogP contribution in [0.15, 0.2) is 60.9 Å². The first-order chi connectivity index (χ1) is 17.9. The minimum absolute atomic E-state index is 0.0306. The van der Waals surface area contributed by atoms with Gasteiger partial charge >= 0.3 is 0 Å². The van der Waals surface area contributed by atoms with Crippen LogP contribution in [0.1, 0.15) is 5.69 Å². The fourth-order valence-electron chi connectivity index (χ4n) is 4.56. The molecule has 0 saturated heterocycles. The summed E-state index contributed by atoms with van der Waals surface area (Å²) < 4.78 is 37.5. The van der Waals surface area contributed by atoms with Crippen molar-refractivity contribution in [2.45, 2.75) is 13.5 Å². The van der Waals surface area contributed by atoms with E-state index in [0.717, 1.165) is 5.69 Å². The van der Waals surface area contributed by atoms with E-state index in [4.69, 9.17) is 16.2 Å². The van der Waals surface area contributed by atoms with Gasteiger partial charge in [-0.2, -0.15) is 0 Å². The van der Waals surface area contributed by atoms with Crippen molar-refractivity contribution in [3.63, 3.8) is 0 Å². The van der Waals surface area contributed by atoms with E-state index in [9.17, 15) is 4.39 Å². The molecular formula is C26H22F2N8O. The number of nitrogens with zero attached hydrogens (tertiary/aromatic N) is 5. The molecule has 0 amide bonds. The highest BCUT2D eigenvalue weighted by molar-refractivity contribution is 6.07. The summed E-state index contributed by atoms with van der Waals surface area (Å²) in [5.41, 5.74) is 18.4. The van der Waals surface area contributed by atoms with Crippen molar-refractivity contribution in [3.05, 3.63) is 78.3 Å². The van der Waals surface area contributed by atoms with E-state index in [1.54, 1.807) is 23.2 Å². The highest BCUT2D eigenvalue weighted by Crippen LogP contribution is 2.45. The molecule has 0 bridgehead atoms. The molecular weight excluding hydrogens is 478 g/mol. The van der Waals surface area contributed by atoms with Crippen LogP contribution in [0.3, 0.4) is 0 Å². The lowest BCUT2D eigenvalue weighted by Crippen LogP contribution is -2.28. The van der Waals surface area contributed by atoms with Gasteiger partial charge in [-0.15, -0.1) is 0 Å². The molecule has 0 spiro atoms. The fourth-order valence-corrected chi connectivity index (χ4v) is 4.56. The monoisotopic (exact) mass is 500 g/mol. The number of nitrogen functional groups attached to an aromatic ring is 2. The van der Waals surface area contributed by atoms with Crippen molar-refractivity contribution < 1.29 is 13.5 Å². The van der Waals surface area contributed by atoms with E-state index in [0.29, 0.717) is 52.6 Å². The summed E-state index contributed by atoms with van der Waals surface area (Å²) in [7, 11) is 0. The highest BCUT2D eigenvalue weighted by Gasteiger charge is 2.31. The number of benzene rings is 2. The van der Waals surface area contributed by atoms with Crippen LogP contribution in [0.5, 0.6) is 11.6 Å². The number of nitrogens with two attached hydrogens (primary N) is 2. The lowest BCUT2D eigenvalue weighted by atomic mass is 10.0. The number of hydrogen-bond acceptors (Lipinski definition) is 8. The van der Waals surface area contributed by atoms with Gasteiger partial charge in [0.1, 0.15) is 29.4 Å². The average Bonchev–Trinajstić information content (AvgIpc) is 3.42. The van der Waals surface area contributed by atoms with E-state index in [1.807, 2.05) is 17.6 Å². The Balaban J connectivity index is 1.46. The van der Waals surface area contributed by atoms with Crippen LogP contribution in [0, 0.1) is 18.6 Å². The number of ether oxygens (including phenoxy) is 1. The van der Waals surface area contributed by atoms with E-state index < -0.39 is 11.6 Å². The summed E-state index contributed by atoms with van der Waals surface area (Å²) in [6.45, 7) is 2.87. The standard InChI is InChI=1S/C26H22F2N8O/c1-14-3-2-4-21(33-14)37-20-8-5-15(11-18(20)28)22-23-24(30)31-13-32-25(23)35-9-10-36(26(22)35)34-19-12-16(29)6-7-17(19)27/h2-8,11-13,34H,9-10,29H2,1H3,(H2,30,31,32). The van der Waals surface area contributed by atoms with Crippen LogP contribution in [-0.4, -0.2) is 26.1 Å². The quantitative estimate of drug-likeness (QED) is 0.292. The molecule has 11 heteroatoms. The van der Waals surface area contributed by atoms with Crippen LogP contribution < -0.4 is 26.6 Å². The Hall–Kier alpha value is -4.93. The predicted molar refractivity (Wildman–Crippen MR) is 138 cm³/mol. The third-order valence-electron chi connectivity index (χ3n) is 6.19. The molecule has 2 aromatic carbocycles. The van der Waals surface area contributed by atoms with Gasteiger partial charge in [0.2, 0.25) is 5.88 Å². The molecule has 186 valence electrons. The minimum atomic E-state index is -0.580. The van der Waals surface area contributed by atoms with Crippen molar-refractivity contribution in [1.82, 2.24) is 19.5 Å². The number of rotatable bonds is 5. The highest BCUT2D eigenvalue weighted by atomic mass is 19.1. The molecule has 6 rings (SSSR count). The summed E-state index contributed by atoms with van der Waals surface area (Å²) >= 11 is 0. The smallest absolute Gasteiger partial charge is 0.219 e. The number of aryl methyl sites for hydroxylation is 1. The molecule has 1 aliphatic rings. The summed E-state index contributed by atoms with van der Waals surface area (Å²) in [5.74, 6) is 0.187. The third-order valence-corrected chi connectivity index (χ3v) is 6.19. The Morgan fingerprint density at radius 2 is 1.84 bits per heavy atom. The van der Waals surface area contributed by atoms with E-state index >= 15 is 4.39 Å². The van der Waals surface area contributed by atoms with Gasteiger partial charge in [0.25, 0.3) is 0 Å². The number of pyridine rings is 1. The molecule has 0 unspecified atom stereocenters. The summed E-state index contributed by atoms with van der Waals surface area (Å²) in [4.78, 5) is 12.9. The van der Waals surface area contributed by atoms with Crippen molar-refractivity contribution in [2.75, 3.05) is 28.4 Å². The molecule has 3 aromatic heterocycles. The first-order valence-electron chi connectivity index (χ1n) is 11.5. The van der Waals surface area contributed by atoms with Crippen molar-refractivity contribution in [3.8, 4) is 22.8 Å². The predicted octanol–water partition coefficient (Wildman–Crippen LogP) is 4.88. The second-order valence-electron chi connectivity index (χ2n) is 8.67. The third kappa shape index (κ3) is 3.90. The number of hydrogen-bond donors (Lipinski definition) is 3. The van der Waals surface area contributed by atoms with Gasteiger partial charge < -0.3 is 20.8 Å². The molecule has 4 heterocycles. The van der Waals surface area contributed by atoms with Crippen LogP contribution in [0.4, 0.5) is 31.8 Å². The Morgan fingerprint density at radius 3 is 2.65 bits per heavy atom. The van der Waals surface area contributed by atoms with Crippen molar-refractivity contribution in [1.29, 1.82) is 0 Å². The number of fused-ring (bicyclic) bond motifs is 3. The van der Waals surface area contributed by atoms with Gasteiger partial charge in [0.15, 0.2) is 11.6 Å². The van der Waals surface area contributed by atoms with Crippen LogP contribution in [0.25, 0.3) is 22.2 Å². The molecule has 0 radical (unpaired) electrons. The molecule has 5 N–H and O–H groups in total. The lowest BCUT2D eigenvalue weighted by Gasteiger charge is -2.22. The van der Waals surface area contributed by atoms with E-state index in [-0.39, 0.29) is 17.3 Å². The van der Waals surface area contributed by atoms with Crippen LogP contribution in [0.2, 0.25) is 0 Å². The number of anilines is 4. The molecule has 0 fully saturated rings. The number of hydrazine groups is 1. The van der Waals surface area contributed by atoms with E-state index in [1.165, 1.54) is 36.7 Å². The van der Waals surface area contributed by atoms with Gasteiger partial charge in [0, 0.05) is 29.6 Å². The second-order valence-corrected chi connectivity index (χ2v) is 8.67. The number of aromatic nitrogens is 4. The van der Waals surface area contributed by atoms with Crippen LogP contribution in [-0.2, 0) is 6.54 Å². The molecule has 1 aliphatic heterocycles. The normalized spacial score (nSPS) is 12.7. The SMILES string of the molecule is Cc1cccc(Oc2ccc(-c3c4n(c5ncnc(N)c35)CCN4Nc3cc(N)ccc3F)cc2F)n1. The second kappa shape index (κ2) is 8.63. The Bertz CT molecular complexity index is 1670. The summed E-state index contributed by atoms with van der Waals surface area (Å²) in [6.07, 6.45) is 1.38. The Kier molecular flexibility index (Phi) is 5.25. The summed E-state index contributed by atoms with van der Waals surface area (Å²) in [6, 6.07) is 14.2. The zero-order valence-electron chi connectivity index (χ0n) is 19.7. The van der Waals surface area contributed by atoms with E-state index in [2.05, 4.69) is 20.4 Å². The molecule has 0 saturated carbocycles. The first-order valence-corrected chi connectivity index (χ1v) is 11.5. The molecule has 37 heavy (non-hydrogen) atoms. The molecule has 9 nitrogen and oxygen atoms in total. The Morgan fingerprint density at radius 1 is 0.973 bits per heavy atom. The molecule has 0 aliphatic carbocycles. The van der Waals surface area contributed by atoms with Gasteiger partial charge in [-0.1, -0.05) is 12.1 Å². The first kappa shape index (κ1) is 22.5. The molecule has 0 atom stereocenters. The lowest BCUT2D eigenvalue weighted by molar-refractivity contribution is 0.427. The van der Waals surface area contributed by atoms with Gasteiger partial charge in [-0.25, -0.2) is 23.7 Å². The maximum atomic E-state index is 15.3. The van der Waals surface area contributed by atoms with Crippen molar-refractivity contribution >= 4 is 34.0 Å². The maximum Gasteiger partial charge on any atom is 0.219 e. The zero-order valence-corrected chi connectivity index (χ0v) is 19.7. The largest absolute Gasteiger partial charge is 0.436 e. The maximum absolute atomic E-state index is 15.3. The van der Waals surface area contributed by atoms with Gasteiger partial charge in [-0.05, 0) is 48.9 Å². The minimum Gasteiger partial charge on any atom is -0.436 e.